The quantitative estimate of drug-likeness (QED) is 0.903. The highest BCUT2D eigenvalue weighted by Gasteiger charge is 2.28. The van der Waals surface area contributed by atoms with E-state index >= 15 is 0 Å². The van der Waals surface area contributed by atoms with E-state index in [-0.39, 0.29) is 5.75 Å². The minimum Gasteiger partial charge on any atom is -0.506 e. The average Bonchev–Trinajstić information content (AvgIpc) is 2.47. The van der Waals surface area contributed by atoms with Crippen LogP contribution in [0.5, 0.6) is 5.75 Å². The van der Waals surface area contributed by atoms with Crippen molar-refractivity contribution in [1.29, 1.82) is 0 Å². The van der Waals surface area contributed by atoms with Gasteiger partial charge in [0, 0.05) is 48.8 Å². The van der Waals surface area contributed by atoms with Gasteiger partial charge < -0.3 is 5.11 Å². The molecule has 1 atom stereocenters. The summed E-state index contributed by atoms with van der Waals surface area (Å²) < 4.78 is 0. The lowest BCUT2D eigenvalue weighted by molar-refractivity contribution is 0.0457. The van der Waals surface area contributed by atoms with Crippen molar-refractivity contribution in [2.24, 2.45) is 0 Å². The lowest BCUT2D eigenvalue weighted by Gasteiger charge is -2.43. The molecule has 0 amide bonds. The Bertz CT molecular complexity index is 493. The van der Waals surface area contributed by atoms with Crippen molar-refractivity contribution in [3.05, 3.63) is 27.7 Å². The van der Waals surface area contributed by atoms with E-state index in [2.05, 4.69) is 30.6 Å². The summed E-state index contributed by atoms with van der Waals surface area (Å²) in [6.45, 7) is 10.5. The van der Waals surface area contributed by atoms with Gasteiger partial charge in [0.05, 0.1) is 5.02 Å². The average molecular weight is 331 g/mol. The van der Waals surface area contributed by atoms with Crippen molar-refractivity contribution in [1.82, 2.24) is 9.80 Å². The summed E-state index contributed by atoms with van der Waals surface area (Å²) in [5.74, 6) is 0.101. The fourth-order valence-corrected chi connectivity index (χ4v) is 3.56. The molecule has 1 heterocycles. The summed E-state index contributed by atoms with van der Waals surface area (Å²) in [5, 5.41) is 10.7. The molecule has 0 aliphatic carbocycles. The van der Waals surface area contributed by atoms with Crippen LogP contribution in [-0.2, 0) is 6.54 Å². The fourth-order valence-electron chi connectivity index (χ4n) is 3.07. The Balaban J connectivity index is 2.10. The second-order valence-electron chi connectivity index (χ2n) is 5.99. The summed E-state index contributed by atoms with van der Waals surface area (Å²) in [7, 11) is 0. The Kier molecular flexibility index (Phi) is 5.78. The van der Waals surface area contributed by atoms with E-state index in [4.69, 9.17) is 23.2 Å². The smallest absolute Gasteiger partial charge is 0.134 e. The highest BCUT2D eigenvalue weighted by atomic mass is 35.5. The number of aromatic hydroxyl groups is 1. The third kappa shape index (κ3) is 3.84. The van der Waals surface area contributed by atoms with Gasteiger partial charge in [0.15, 0.2) is 0 Å². The summed E-state index contributed by atoms with van der Waals surface area (Å²) in [5.41, 5.74) is 0.825. The Morgan fingerprint density at radius 1 is 1.29 bits per heavy atom. The maximum Gasteiger partial charge on any atom is 0.134 e. The second-order valence-corrected chi connectivity index (χ2v) is 6.77. The van der Waals surface area contributed by atoms with Crippen LogP contribution in [0.1, 0.15) is 32.8 Å². The number of nitrogens with zero attached hydrogens (tertiary/aromatic N) is 2. The largest absolute Gasteiger partial charge is 0.506 e. The number of phenolic OH excluding ortho intramolecular Hbond substituents is 1. The van der Waals surface area contributed by atoms with Gasteiger partial charge in [-0.2, -0.15) is 0 Å². The Morgan fingerprint density at radius 2 is 2.00 bits per heavy atom. The molecule has 0 aromatic heterocycles. The lowest BCUT2D eigenvalue weighted by Crippen LogP contribution is -2.54. The van der Waals surface area contributed by atoms with Crippen LogP contribution in [0, 0.1) is 0 Å². The summed E-state index contributed by atoms with van der Waals surface area (Å²) in [6, 6.07) is 4.39. The van der Waals surface area contributed by atoms with Gasteiger partial charge in [0.2, 0.25) is 0 Å². The first-order valence-electron chi connectivity index (χ1n) is 7.58. The number of phenols is 1. The molecule has 5 heteroatoms. The van der Waals surface area contributed by atoms with Gasteiger partial charge in [0.25, 0.3) is 0 Å². The Morgan fingerprint density at radius 3 is 2.62 bits per heavy atom. The van der Waals surface area contributed by atoms with Gasteiger partial charge in [-0.1, -0.05) is 30.1 Å². The van der Waals surface area contributed by atoms with Crippen LogP contribution in [0.25, 0.3) is 0 Å². The molecule has 1 aliphatic rings. The zero-order valence-electron chi connectivity index (χ0n) is 12.9. The maximum absolute atomic E-state index is 9.75. The van der Waals surface area contributed by atoms with E-state index in [1.807, 2.05) is 0 Å². The molecule has 21 heavy (non-hydrogen) atoms. The van der Waals surface area contributed by atoms with Gasteiger partial charge in [-0.3, -0.25) is 9.80 Å². The zero-order valence-corrected chi connectivity index (χ0v) is 14.5. The Hall–Kier alpha value is -0.480. The normalized spacial score (nSPS) is 21.1. The fraction of sp³-hybridized carbons (Fsp3) is 0.625. The minimum absolute atomic E-state index is 0.101. The molecular formula is C16H24Cl2N2O. The first-order valence-corrected chi connectivity index (χ1v) is 8.33. The molecule has 0 spiro atoms. The van der Waals surface area contributed by atoms with Crippen LogP contribution < -0.4 is 0 Å². The van der Waals surface area contributed by atoms with Crippen LogP contribution in [-0.4, -0.2) is 46.6 Å². The number of piperazine rings is 1. The van der Waals surface area contributed by atoms with Gasteiger partial charge in [-0.25, -0.2) is 0 Å². The van der Waals surface area contributed by atoms with Crippen LogP contribution in [0.2, 0.25) is 10.0 Å². The maximum atomic E-state index is 9.75. The third-order valence-corrected chi connectivity index (χ3v) is 5.07. The second kappa shape index (κ2) is 7.19. The molecule has 1 aromatic rings. The number of halogens is 2. The van der Waals surface area contributed by atoms with Gasteiger partial charge in [-0.05, 0) is 32.4 Å². The molecule has 1 saturated heterocycles. The molecule has 0 unspecified atom stereocenters. The van der Waals surface area contributed by atoms with E-state index < -0.39 is 0 Å². The molecule has 1 aromatic carbocycles. The molecule has 0 saturated carbocycles. The van der Waals surface area contributed by atoms with Gasteiger partial charge >= 0.3 is 0 Å². The summed E-state index contributed by atoms with van der Waals surface area (Å²) in [6.07, 6.45) is 1.14. The molecule has 0 radical (unpaired) electrons. The molecule has 3 nitrogen and oxygen atoms in total. The molecule has 118 valence electrons. The highest BCUT2D eigenvalue weighted by Crippen LogP contribution is 2.33. The lowest BCUT2D eigenvalue weighted by atomic mass is 10.1. The van der Waals surface area contributed by atoms with Crippen molar-refractivity contribution in [2.75, 3.05) is 19.6 Å². The topological polar surface area (TPSA) is 26.7 Å². The molecule has 0 bridgehead atoms. The first-order chi connectivity index (χ1) is 9.93. The third-order valence-electron chi connectivity index (χ3n) is 4.29. The number of rotatable bonds is 4. The number of hydrogen-bond acceptors (Lipinski definition) is 3. The predicted molar refractivity (Wildman–Crippen MR) is 89.3 cm³/mol. The van der Waals surface area contributed by atoms with Crippen LogP contribution in [0.15, 0.2) is 12.1 Å². The highest BCUT2D eigenvalue weighted by molar-refractivity contribution is 6.36. The molecule has 1 aliphatic heterocycles. The number of benzene rings is 1. The van der Waals surface area contributed by atoms with E-state index in [0.29, 0.717) is 28.7 Å². The standard InChI is InChI=1S/C16H24Cl2N2O/c1-4-12-9-19(7-8-20(12)11(2)3)10-13-14(17)5-6-15(21)16(13)18/h5-6,11-12,21H,4,7-10H2,1-3H3/t12-/m0/s1. The van der Waals surface area contributed by atoms with E-state index in [1.54, 1.807) is 12.1 Å². The van der Waals surface area contributed by atoms with E-state index in [1.165, 1.54) is 0 Å². The van der Waals surface area contributed by atoms with Crippen molar-refractivity contribution >= 4 is 23.2 Å². The van der Waals surface area contributed by atoms with E-state index in [9.17, 15) is 5.11 Å². The van der Waals surface area contributed by atoms with Crippen molar-refractivity contribution < 1.29 is 5.11 Å². The predicted octanol–water partition coefficient (Wildman–Crippen LogP) is 4.00. The zero-order chi connectivity index (χ0) is 15.6. The van der Waals surface area contributed by atoms with E-state index in [0.717, 1.165) is 31.6 Å². The van der Waals surface area contributed by atoms with Crippen molar-refractivity contribution in [3.63, 3.8) is 0 Å². The van der Waals surface area contributed by atoms with Crippen molar-refractivity contribution in [2.45, 2.75) is 45.8 Å². The SMILES string of the molecule is CC[C@H]1CN(Cc2c(Cl)ccc(O)c2Cl)CCN1C(C)C. The molecule has 1 fully saturated rings. The minimum atomic E-state index is 0.101. The summed E-state index contributed by atoms with van der Waals surface area (Å²) in [4.78, 5) is 4.93. The molecular weight excluding hydrogens is 307 g/mol. The van der Waals surface area contributed by atoms with Crippen LogP contribution >= 0.6 is 23.2 Å². The molecule has 2 rings (SSSR count). The van der Waals surface area contributed by atoms with Gasteiger partial charge in [-0.15, -0.1) is 0 Å². The molecule has 1 N–H and O–H groups in total. The Labute approximate surface area is 137 Å². The number of hydrogen-bond donors (Lipinski definition) is 1. The monoisotopic (exact) mass is 330 g/mol. The summed E-state index contributed by atoms with van der Waals surface area (Å²) >= 11 is 12.4. The van der Waals surface area contributed by atoms with Crippen molar-refractivity contribution in [3.8, 4) is 5.75 Å². The first kappa shape index (κ1) is 16.9. The van der Waals surface area contributed by atoms with Crippen LogP contribution in [0.3, 0.4) is 0 Å². The van der Waals surface area contributed by atoms with Crippen LogP contribution in [0.4, 0.5) is 0 Å². The van der Waals surface area contributed by atoms with Gasteiger partial charge in [0.1, 0.15) is 5.75 Å².